The average molecular weight is 609 g/mol. The van der Waals surface area contributed by atoms with Crippen LogP contribution >= 0.6 is 0 Å². The van der Waals surface area contributed by atoms with Gasteiger partial charge in [0.25, 0.3) is 0 Å². The minimum absolute atomic E-state index is 0.0219. The Hall–Kier alpha value is -2.42. The number of rotatable bonds is 14. The lowest BCUT2D eigenvalue weighted by Gasteiger charge is -2.44. The Morgan fingerprint density at radius 2 is 1.76 bits per heavy atom. The van der Waals surface area contributed by atoms with Gasteiger partial charge in [-0.15, -0.1) is 0 Å². The van der Waals surface area contributed by atoms with E-state index in [0.717, 1.165) is 0 Å². The number of carbonyl (C=O) groups is 1. The molecule has 1 fully saturated rings. The van der Waals surface area contributed by atoms with Crippen molar-refractivity contribution in [1.29, 1.82) is 0 Å². The van der Waals surface area contributed by atoms with Crippen molar-refractivity contribution in [3.8, 4) is 0 Å². The Morgan fingerprint density at radius 3 is 2.32 bits per heavy atom. The largest absolute Gasteiger partial charge is 0.460 e. The molecule has 2 aromatic heterocycles. The minimum Gasteiger partial charge on any atom is -0.460 e. The quantitative estimate of drug-likeness (QED) is 0.153. The fraction of sp³-hybridized carbons (Fsp3) is 0.607. The third-order valence-corrected chi connectivity index (χ3v) is 15.1. The summed E-state index contributed by atoms with van der Waals surface area (Å²) in [5.41, 5.74) is 2.00. The van der Waals surface area contributed by atoms with E-state index in [4.69, 9.17) is 13.0 Å². The number of carbonyl (C=O) groups excluding carboxylic acids is 1. The van der Waals surface area contributed by atoms with Crippen LogP contribution in [-0.2, 0) is 18.9 Å². The van der Waals surface area contributed by atoms with Crippen LogP contribution in [0.5, 0.6) is 0 Å². The van der Waals surface area contributed by atoms with Crippen LogP contribution in [0.4, 0.5) is 5.82 Å². The Bertz CT molecular complexity index is 1310. The number of nitrogens with one attached hydrogen (secondary N) is 2. The van der Waals surface area contributed by atoms with E-state index in [1.54, 1.807) is 6.92 Å². The van der Waals surface area contributed by atoms with Crippen LogP contribution in [0.25, 0.3) is 0 Å². The molecule has 0 unspecified atom stereocenters. The minimum atomic E-state index is -3.98. The first-order chi connectivity index (χ1) is 19.1. The predicted octanol–water partition coefficient (Wildman–Crippen LogP) is 4.89. The average Bonchev–Trinajstić information content (AvgIpc) is 3.53. The van der Waals surface area contributed by atoms with Gasteiger partial charge in [0.15, 0.2) is 5.76 Å². The number of nitrogens with zero attached hydrogens (tertiary/aromatic N) is 2. The second-order valence-corrected chi connectivity index (χ2v) is 18.6. The normalized spacial score (nSPS) is 20.6. The Kier molecular flexibility index (Phi) is 10.7. The lowest BCUT2D eigenvalue weighted by Crippen LogP contribution is -2.52. The zero-order chi connectivity index (χ0) is 30.7. The molecule has 0 spiro atoms. The highest BCUT2D eigenvalue weighted by Crippen LogP contribution is 2.45. The van der Waals surface area contributed by atoms with E-state index in [1.807, 2.05) is 0 Å². The second-order valence-electron chi connectivity index (χ2n) is 11.7. The standard InChI is InChI=1S/C28H44N4O7SSi/c1-16(2)26(33)20-10-25(37-14-20)27(34)22-13-30-15-31-28(22)32-21-11-23(38-40(35,36)29-9)24(12-21)39-41(17(3)4,18(5)6)19(7)8/h10,13-15,17-19,21,23-24,26,29,33H,1,11-12H2,2-9H3,(H,30,31,32)/t21-,23+,24-,26+/m0/s1. The smallest absolute Gasteiger partial charge is 0.335 e. The fourth-order valence-corrected chi connectivity index (χ4v) is 12.2. The predicted molar refractivity (Wildman–Crippen MR) is 159 cm³/mol. The number of hydrogen-bond acceptors (Lipinski definition) is 10. The van der Waals surface area contributed by atoms with Crippen LogP contribution in [0.3, 0.4) is 0 Å². The summed E-state index contributed by atoms with van der Waals surface area (Å²) >= 11 is 0. The summed E-state index contributed by atoms with van der Waals surface area (Å²) in [6.07, 6.45) is 2.65. The Labute approximate surface area is 244 Å². The molecule has 13 heteroatoms. The third-order valence-electron chi connectivity index (χ3n) is 7.93. The van der Waals surface area contributed by atoms with Gasteiger partial charge >= 0.3 is 10.3 Å². The third kappa shape index (κ3) is 7.33. The van der Waals surface area contributed by atoms with Gasteiger partial charge in [0, 0.05) is 24.8 Å². The highest BCUT2D eigenvalue weighted by Gasteiger charge is 2.50. The lowest BCUT2D eigenvalue weighted by molar-refractivity contribution is 0.0678. The topological polar surface area (TPSA) is 153 Å². The molecule has 1 aliphatic rings. The molecular weight excluding hydrogens is 564 g/mol. The van der Waals surface area contributed by atoms with E-state index < -0.39 is 42.7 Å². The first-order valence-corrected chi connectivity index (χ1v) is 17.5. The van der Waals surface area contributed by atoms with Crippen molar-refractivity contribution in [3.05, 3.63) is 53.9 Å². The van der Waals surface area contributed by atoms with Crippen LogP contribution in [-0.4, -0.2) is 62.9 Å². The SMILES string of the molecule is C=C(C)[C@@H](O)c1coc(C(=O)c2cncnc2N[C@@H]2C[C@H](O[Si](C(C)C)(C(C)C)C(C)C)[C@H](OS(=O)(=O)NC)C2)c1. The molecule has 2 aromatic rings. The van der Waals surface area contributed by atoms with E-state index in [1.165, 1.54) is 31.9 Å². The Balaban J connectivity index is 1.90. The number of hydrogen-bond donors (Lipinski definition) is 3. The van der Waals surface area contributed by atoms with Gasteiger partial charge in [-0.2, -0.15) is 13.1 Å². The van der Waals surface area contributed by atoms with E-state index in [-0.39, 0.29) is 23.2 Å². The van der Waals surface area contributed by atoms with E-state index >= 15 is 0 Å². The van der Waals surface area contributed by atoms with Gasteiger partial charge in [-0.3, -0.25) is 8.98 Å². The molecule has 11 nitrogen and oxygen atoms in total. The van der Waals surface area contributed by atoms with Crippen molar-refractivity contribution in [3.63, 3.8) is 0 Å². The summed E-state index contributed by atoms with van der Waals surface area (Å²) in [7, 11) is -5.04. The molecule has 4 atom stereocenters. The number of ketones is 1. The van der Waals surface area contributed by atoms with E-state index in [0.29, 0.717) is 40.6 Å². The summed E-state index contributed by atoms with van der Waals surface area (Å²) in [4.78, 5) is 21.7. The highest BCUT2D eigenvalue weighted by atomic mass is 32.2. The van der Waals surface area contributed by atoms with Gasteiger partial charge in [-0.25, -0.2) is 9.97 Å². The zero-order valence-electron chi connectivity index (χ0n) is 25.2. The number of furan rings is 1. The molecular formula is C28H44N4O7SSi. The molecule has 0 amide bonds. The molecule has 1 aliphatic carbocycles. The zero-order valence-corrected chi connectivity index (χ0v) is 27.0. The van der Waals surface area contributed by atoms with Crippen molar-refractivity contribution in [2.24, 2.45) is 0 Å². The van der Waals surface area contributed by atoms with Crippen LogP contribution in [0.15, 0.2) is 41.4 Å². The monoisotopic (exact) mass is 608 g/mol. The van der Waals surface area contributed by atoms with Gasteiger partial charge in [0.05, 0.1) is 17.9 Å². The molecule has 3 rings (SSSR count). The maximum atomic E-state index is 13.4. The van der Waals surface area contributed by atoms with Crippen molar-refractivity contribution in [2.75, 3.05) is 12.4 Å². The summed E-state index contributed by atoms with van der Waals surface area (Å²) < 4.78 is 45.1. The maximum Gasteiger partial charge on any atom is 0.335 e. The molecule has 41 heavy (non-hydrogen) atoms. The van der Waals surface area contributed by atoms with Crippen molar-refractivity contribution >= 4 is 30.2 Å². The van der Waals surface area contributed by atoms with E-state index in [2.05, 4.69) is 68.1 Å². The molecule has 0 saturated heterocycles. The lowest BCUT2D eigenvalue weighted by atomic mass is 10.1. The number of aromatic nitrogens is 2. The van der Waals surface area contributed by atoms with Crippen molar-refractivity contribution in [2.45, 2.75) is 102 Å². The fourth-order valence-electron chi connectivity index (χ4n) is 6.02. The summed E-state index contributed by atoms with van der Waals surface area (Å²) in [6.45, 7) is 18.5. The molecule has 3 N–H and O–H groups in total. The summed E-state index contributed by atoms with van der Waals surface area (Å²) in [5, 5.41) is 13.6. The molecule has 1 saturated carbocycles. The maximum absolute atomic E-state index is 13.4. The van der Waals surface area contributed by atoms with Gasteiger partial charge in [0.2, 0.25) is 14.1 Å². The van der Waals surface area contributed by atoms with Gasteiger partial charge in [0.1, 0.15) is 24.4 Å². The van der Waals surface area contributed by atoms with E-state index in [9.17, 15) is 18.3 Å². The molecule has 0 radical (unpaired) electrons. The number of anilines is 1. The van der Waals surface area contributed by atoms with Crippen LogP contribution in [0.2, 0.25) is 16.6 Å². The second kappa shape index (κ2) is 13.3. The van der Waals surface area contributed by atoms with Gasteiger partial charge in [-0.1, -0.05) is 48.1 Å². The summed E-state index contributed by atoms with van der Waals surface area (Å²) in [5.74, 6) is -0.159. The number of aliphatic hydroxyl groups excluding tert-OH is 1. The molecule has 228 valence electrons. The Morgan fingerprint density at radius 1 is 1.15 bits per heavy atom. The van der Waals surface area contributed by atoms with Gasteiger partial charge in [-0.05, 0) is 48.0 Å². The first-order valence-electron chi connectivity index (χ1n) is 14.0. The summed E-state index contributed by atoms with van der Waals surface area (Å²) in [6, 6.07) is 1.17. The van der Waals surface area contributed by atoms with Crippen LogP contribution in [0, 0.1) is 0 Å². The van der Waals surface area contributed by atoms with Crippen LogP contribution in [0.1, 0.15) is 89.1 Å². The molecule has 0 aliphatic heterocycles. The van der Waals surface area contributed by atoms with Crippen LogP contribution < -0.4 is 10.0 Å². The van der Waals surface area contributed by atoms with Crippen molar-refractivity contribution in [1.82, 2.24) is 14.7 Å². The molecule has 0 bridgehead atoms. The number of aliphatic hydroxyl groups is 1. The van der Waals surface area contributed by atoms with Crippen molar-refractivity contribution < 1.29 is 31.3 Å². The molecule has 0 aromatic carbocycles. The first kappa shape index (κ1) is 33.1. The molecule has 2 heterocycles. The highest BCUT2D eigenvalue weighted by molar-refractivity contribution is 7.84. The van der Waals surface area contributed by atoms with Gasteiger partial charge < -0.3 is 19.3 Å².